The monoisotopic (exact) mass is 376 g/mol. The van der Waals surface area contributed by atoms with Crippen LogP contribution in [0.25, 0.3) is 0 Å². The van der Waals surface area contributed by atoms with E-state index in [1.807, 2.05) is 26.0 Å². The Kier molecular flexibility index (Phi) is 8.98. The van der Waals surface area contributed by atoms with Crippen molar-refractivity contribution in [1.29, 1.82) is 0 Å². The van der Waals surface area contributed by atoms with Gasteiger partial charge in [-0.3, -0.25) is 14.4 Å². The second-order valence-electron chi connectivity index (χ2n) is 7.57. The average Bonchev–Trinajstić information content (AvgIpc) is 2.63. The Bertz CT molecular complexity index is 629. The minimum atomic E-state index is -0.516. The summed E-state index contributed by atoms with van der Waals surface area (Å²) < 4.78 is 4.93. The number of hydrogen-bond acceptors (Lipinski definition) is 4. The van der Waals surface area contributed by atoms with E-state index in [0.717, 1.165) is 18.4 Å². The van der Waals surface area contributed by atoms with Crippen LogP contribution in [-0.2, 0) is 19.7 Å². The molecule has 0 atom stereocenters. The van der Waals surface area contributed by atoms with Gasteiger partial charge < -0.3 is 15.4 Å². The molecule has 150 valence electrons. The van der Waals surface area contributed by atoms with Crippen molar-refractivity contribution in [2.45, 2.75) is 65.3 Å². The van der Waals surface area contributed by atoms with Crippen LogP contribution in [0.2, 0.25) is 0 Å². The van der Waals surface area contributed by atoms with Crippen LogP contribution < -0.4 is 10.6 Å². The van der Waals surface area contributed by atoms with E-state index < -0.39 is 5.97 Å². The van der Waals surface area contributed by atoms with Gasteiger partial charge in [0.05, 0.1) is 6.42 Å². The fourth-order valence-corrected chi connectivity index (χ4v) is 2.48. The van der Waals surface area contributed by atoms with Crippen molar-refractivity contribution in [2.75, 3.05) is 13.2 Å². The van der Waals surface area contributed by atoms with Gasteiger partial charge in [0, 0.05) is 18.2 Å². The van der Waals surface area contributed by atoms with E-state index in [0.29, 0.717) is 5.56 Å². The molecule has 0 saturated carbocycles. The number of ether oxygens (including phenoxy) is 1. The summed E-state index contributed by atoms with van der Waals surface area (Å²) in [6.45, 7) is 10.2. The molecule has 1 aromatic carbocycles. The summed E-state index contributed by atoms with van der Waals surface area (Å²) >= 11 is 0. The van der Waals surface area contributed by atoms with Crippen molar-refractivity contribution in [2.24, 2.45) is 0 Å². The first-order valence-electron chi connectivity index (χ1n) is 9.51. The molecule has 1 aromatic rings. The molecule has 2 N–H and O–H groups in total. The first-order chi connectivity index (χ1) is 12.7. The predicted octanol–water partition coefficient (Wildman–Crippen LogP) is 2.95. The maximum atomic E-state index is 12.1. The van der Waals surface area contributed by atoms with Gasteiger partial charge in [-0.2, -0.15) is 0 Å². The van der Waals surface area contributed by atoms with Gasteiger partial charge in [0.2, 0.25) is 0 Å². The molecular formula is C21H32N2O4. The molecule has 6 nitrogen and oxygen atoms in total. The molecule has 0 aliphatic carbocycles. The second-order valence-corrected chi connectivity index (χ2v) is 7.57. The maximum Gasteiger partial charge on any atom is 0.308 e. The van der Waals surface area contributed by atoms with E-state index in [2.05, 4.69) is 31.4 Å². The summed E-state index contributed by atoms with van der Waals surface area (Å²) in [5.74, 6) is -1.06. The molecular weight excluding hydrogens is 344 g/mol. The molecule has 6 heteroatoms. The molecule has 1 rings (SSSR count). The number of benzene rings is 1. The van der Waals surface area contributed by atoms with Crippen LogP contribution in [0.3, 0.4) is 0 Å². The third-order valence-corrected chi connectivity index (χ3v) is 4.34. The van der Waals surface area contributed by atoms with Gasteiger partial charge in [-0.05, 0) is 36.0 Å². The van der Waals surface area contributed by atoms with Crippen LogP contribution in [-0.4, -0.2) is 37.0 Å². The molecule has 0 radical (unpaired) electrons. The third-order valence-electron chi connectivity index (χ3n) is 4.34. The number of rotatable bonds is 9. The van der Waals surface area contributed by atoms with Gasteiger partial charge >= 0.3 is 5.97 Å². The smallest absolute Gasteiger partial charge is 0.308 e. The molecule has 0 spiro atoms. The van der Waals surface area contributed by atoms with Crippen molar-refractivity contribution < 1.29 is 19.1 Å². The Labute approximate surface area is 162 Å². The molecule has 0 heterocycles. The predicted molar refractivity (Wildman–Crippen MR) is 106 cm³/mol. The highest BCUT2D eigenvalue weighted by atomic mass is 16.5. The largest absolute Gasteiger partial charge is 0.456 e. The van der Waals surface area contributed by atoms with E-state index in [1.165, 1.54) is 0 Å². The van der Waals surface area contributed by atoms with Crippen LogP contribution >= 0.6 is 0 Å². The van der Waals surface area contributed by atoms with Crippen molar-refractivity contribution in [1.82, 2.24) is 10.6 Å². The van der Waals surface area contributed by atoms with Gasteiger partial charge in [-0.25, -0.2) is 0 Å². The van der Waals surface area contributed by atoms with E-state index >= 15 is 0 Å². The molecule has 2 amide bonds. The van der Waals surface area contributed by atoms with E-state index in [1.54, 1.807) is 12.1 Å². The van der Waals surface area contributed by atoms with Crippen molar-refractivity contribution in [3.05, 3.63) is 35.4 Å². The molecule has 0 fully saturated rings. The number of esters is 1. The first kappa shape index (κ1) is 22.7. The Morgan fingerprint density at radius 3 is 2.15 bits per heavy atom. The van der Waals surface area contributed by atoms with Gasteiger partial charge in [0.15, 0.2) is 6.61 Å². The second kappa shape index (κ2) is 10.7. The Balaban J connectivity index is 2.32. The van der Waals surface area contributed by atoms with Crippen LogP contribution in [0.5, 0.6) is 0 Å². The number of hydrogen-bond donors (Lipinski definition) is 2. The summed E-state index contributed by atoms with van der Waals surface area (Å²) in [6, 6.07) is 7.51. The Morgan fingerprint density at radius 2 is 1.63 bits per heavy atom. The standard InChI is InChI=1S/C21H32N2O4/c1-6-17(7-2)23-18(24)14-27-19(25)12-13-22-20(26)15-8-10-16(11-9-15)21(3,4)5/h8-11,17H,6-7,12-14H2,1-5H3,(H,22,26)(H,23,24). The zero-order chi connectivity index (χ0) is 20.4. The molecule has 0 unspecified atom stereocenters. The molecule has 27 heavy (non-hydrogen) atoms. The highest BCUT2D eigenvalue weighted by Gasteiger charge is 2.15. The summed E-state index contributed by atoms with van der Waals surface area (Å²) in [5, 5.41) is 5.48. The van der Waals surface area contributed by atoms with Gasteiger partial charge in [0.1, 0.15) is 0 Å². The van der Waals surface area contributed by atoms with E-state index in [9.17, 15) is 14.4 Å². The number of carbonyl (C=O) groups is 3. The fourth-order valence-electron chi connectivity index (χ4n) is 2.48. The Morgan fingerprint density at radius 1 is 1.04 bits per heavy atom. The van der Waals surface area contributed by atoms with Crippen LogP contribution in [0.4, 0.5) is 0 Å². The average molecular weight is 376 g/mol. The van der Waals surface area contributed by atoms with Crippen molar-refractivity contribution >= 4 is 17.8 Å². The summed E-state index contributed by atoms with van der Waals surface area (Å²) in [7, 11) is 0. The van der Waals surface area contributed by atoms with E-state index in [-0.39, 0.29) is 42.8 Å². The topological polar surface area (TPSA) is 84.5 Å². The third kappa shape index (κ3) is 8.24. The summed E-state index contributed by atoms with van der Waals surface area (Å²) in [4.78, 5) is 35.5. The van der Waals surface area contributed by atoms with Crippen molar-refractivity contribution in [3.8, 4) is 0 Å². The highest BCUT2D eigenvalue weighted by Crippen LogP contribution is 2.22. The highest BCUT2D eigenvalue weighted by molar-refractivity contribution is 5.94. The van der Waals surface area contributed by atoms with Crippen molar-refractivity contribution in [3.63, 3.8) is 0 Å². The lowest BCUT2D eigenvalue weighted by molar-refractivity contribution is -0.148. The fraction of sp³-hybridized carbons (Fsp3) is 0.571. The van der Waals surface area contributed by atoms with Gasteiger partial charge in [-0.15, -0.1) is 0 Å². The normalized spacial score (nSPS) is 11.2. The summed E-state index contributed by atoms with van der Waals surface area (Å²) in [5.41, 5.74) is 1.72. The first-order valence-corrected chi connectivity index (χ1v) is 9.51. The Hall–Kier alpha value is -2.37. The van der Waals surface area contributed by atoms with Crippen LogP contribution in [0.1, 0.15) is 69.8 Å². The summed E-state index contributed by atoms with van der Waals surface area (Å²) in [6.07, 6.45) is 1.68. The van der Waals surface area contributed by atoms with Crippen LogP contribution in [0.15, 0.2) is 24.3 Å². The van der Waals surface area contributed by atoms with E-state index in [4.69, 9.17) is 4.74 Å². The SMILES string of the molecule is CCC(CC)NC(=O)COC(=O)CCNC(=O)c1ccc(C(C)(C)C)cc1. The zero-order valence-corrected chi connectivity index (χ0v) is 17.1. The zero-order valence-electron chi connectivity index (χ0n) is 17.1. The lowest BCUT2D eigenvalue weighted by Gasteiger charge is -2.19. The van der Waals surface area contributed by atoms with Gasteiger partial charge in [0.25, 0.3) is 11.8 Å². The lowest BCUT2D eigenvalue weighted by Crippen LogP contribution is -2.37. The number of nitrogens with one attached hydrogen (secondary N) is 2. The van der Waals surface area contributed by atoms with Crippen LogP contribution in [0, 0.1) is 0 Å². The van der Waals surface area contributed by atoms with Gasteiger partial charge in [-0.1, -0.05) is 46.8 Å². The molecule has 0 aromatic heterocycles. The molecule has 0 saturated heterocycles. The number of amides is 2. The molecule has 0 aliphatic heterocycles. The maximum absolute atomic E-state index is 12.1. The molecule has 0 bridgehead atoms. The molecule has 0 aliphatic rings. The lowest BCUT2D eigenvalue weighted by atomic mass is 9.87. The minimum Gasteiger partial charge on any atom is -0.456 e. The minimum absolute atomic E-state index is 0.0179. The number of carbonyl (C=O) groups excluding carboxylic acids is 3. The quantitative estimate of drug-likeness (QED) is 0.649.